The van der Waals surface area contributed by atoms with Crippen molar-refractivity contribution in [1.82, 2.24) is 39.9 Å². The summed E-state index contributed by atoms with van der Waals surface area (Å²) in [5.74, 6) is 0. The molecule has 0 fully saturated rings. The molecule has 0 aromatic carbocycles. The molecule has 0 amide bonds. The number of aromatic nitrogens is 8. The lowest BCUT2D eigenvalue weighted by atomic mass is 10.3. The minimum absolute atomic E-state index is 0.0995. The van der Waals surface area contributed by atoms with Gasteiger partial charge in [0.2, 0.25) is 0 Å². The Balaban J connectivity index is 0.000000300. The van der Waals surface area contributed by atoms with Crippen LogP contribution in [0.1, 0.15) is 34.2 Å². The largest absolute Gasteiger partial charge is 0.434 e. The summed E-state index contributed by atoms with van der Waals surface area (Å²) in [7, 11) is 0. The molecular formula is C22H14BrClF12N8O. The van der Waals surface area contributed by atoms with E-state index >= 15 is 0 Å². The van der Waals surface area contributed by atoms with Crippen LogP contribution >= 0.6 is 27.5 Å². The summed E-state index contributed by atoms with van der Waals surface area (Å²) in [5, 5.41) is -0.215. The molecule has 4 aromatic heterocycles. The lowest BCUT2D eigenvalue weighted by Gasteiger charge is -2.07. The molecule has 0 saturated carbocycles. The zero-order chi connectivity index (χ0) is 34.8. The smallest absolute Gasteiger partial charge is 0.313 e. The fourth-order valence-electron chi connectivity index (χ4n) is 2.28. The first kappa shape index (κ1) is 39.1. The van der Waals surface area contributed by atoms with E-state index < -0.39 is 53.0 Å². The molecule has 23 heteroatoms. The van der Waals surface area contributed by atoms with Crippen molar-refractivity contribution >= 4 is 27.5 Å². The van der Waals surface area contributed by atoms with E-state index in [0.29, 0.717) is 24.2 Å². The molecule has 0 saturated heterocycles. The summed E-state index contributed by atoms with van der Waals surface area (Å²) in [5.41, 5.74) is -4.27. The molecule has 0 radical (unpaired) electrons. The van der Waals surface area contributed by atoms with Gasteiger partial charge in [0, 0.05) is 17.8 Å². The Morgan fingerprint density at radius 1 is 0.622 bits per heavy atom. The Kier molecular flexibility index (Phi) is 13.8. The molecule has 246 valence electrons. The van der Waals surface area contributed by atoms with Crippen LogP contribution in [-0.2, 0) is 24.7 Å². The second-order valence-corrected chi connectivity index (χ2v) is 8.86. The molecule has 0 aliphatic rings. The van der Waals surface area contributed by atoms with E-state index in [2.05, 4.69) is 50.8 Å². The van der Waals surface area contributed by atoms with Crippen molar-refractivity contribution < 1.29 is 52.7 Å². The highest BCUT2D eigenvalue weighted by molar-refractivity contribution is 9.10. The molecule has 4 heterocycles. The zero-order valence-electron chi connectivity index (χ0n) is 21.9. The lowest BCUT2D eigenvalue weighted by molar-refractivity contribution is -0.142. The van der Waals surface area contributed by atoms with E-state index in [4.69, 9.17) is 11.6 Å². The number of aryl methyl sites for hydroxylation is 2. The van der Waals surface area contributed by atoms with Crippen molar-refractivity contribution in [2.24, 2.45) is 0 Å². The second kappa shape index (κ2) is 15.9. The van der Waals surface area contributed by atoms with Gasteiger partial charge in [0.05, 0.1) is 16.5 Å². The first-order valence-corrected chi connectivity index (χ1v) is 12.2. The monoisotopic (exact) mass is 748 g/mol. The predicted molar refractivity (Wildman–Crippen MR) is 133 cm³/mol. The highest BCUT2D eigenvalue weighted by Gasteiger charge is 2.36. The van der Waals surface area contributed by atoms with Gasteiger partial charge < -0.3 is 4.98 Å². The zero-order valence-corrected chi connectivity index (χ0v) is 24.2. The van der Waals surface area contributed by atoms with E-state index in [1.807, 2.05) is 4.98 Å². The molecule has 4 rings (SSSR count). The predicted octanol–water partition coefficient (Wildman–Crippen LogP) is 7.31. The Bertz CT molecular complexity index is 1540. The third kappa shape index (κ3) is 14.1. The minimum Gasteiger partial charge on any atom is -0.313 e. The molecule has 45 heavy (non-hydrogen) atoms. The van der Waals surface area contributed by atoms with Gasteiger partial charge in [-0.2, -0.15) is 52.7 Å². The van der Waals surface area contributed by atoms with Gasteiger partial charge in [-0.1, -0.05) is 11.6 Å². The number of alkyl halides is 12. The quantitative estimate of drug-likeness (QED) is 0.147. The molecule has 9 nitrogen and oxygen atoms in total. The number of aromatic amines is 1. The van der Waals surface area contributed by atoms with Crippen LogP contribution in [0.15, 0.2) is 52.8 Å². The van der Waals surface area contributed by atoms with Crippen molar-refractivity contribution in [1.29, 1.82) is 0 Å². The maximum atomic E-state index is 12.1. The van der Waals surface area contributed by atoms with Crippen LogP contribution < -0.4 is 5.56 Å². The molecule has 1 N–H and O–H groups in total. The number of hydrogen-bond donors (Lipinski definition) is 1. The number of halogens is 14. The van der Waals surface area contributed by atoms with Gasteiger partial charge in [-0.15, -0.1) is 0 Å². The van der Waals surface area contributed by atoms with Gasteiger partial charge in [-0.3, -0.25) is 4.79 Å². The van der Waals surface area contributed by atoms with Crippen molar-refractivity contribution in [2.75, 3.05) is 0 Å². The molecule has 0 unspecified atom stereocenters. The van der Waals surface area contributed by atoms with Crippen LogP contribution in [0.25, 0.3) is 0 Å². The summed E-state index contributed by atoms with van der Waals surface area (Å²) in [6, 6.07) is 1.97. The average molecular weight is 750 g/mol. The Morgan fingerprint density at radius 3 is 1.44 bits per heavy atom. The van der Waals surface area contributed by atoms with E-state index in [1.165, 1.54) is 13.8 Å². The summed E-state index contributed by atoms with van der Waals surface area (Å²) < 4.78 is 143. The van der Waals surface area contributed by atoms with Crippen molar-refractivity contribution in [3.63, 3.8) is 0 Å². The Morgan fingerprint density at radius 2 is 1.09 bits per heavy atom. The molecule has 0 spiro atoms. The fourth-order valence-corrected chi connectivity index (χ4v) is 2.85. The summed E-state index contributed by atoms with van der Waals surface area (Å²) >= 11 is 7.97. The van der Waals surface area contributed by atoms with Crippen molar-refractivity contribution in [3.8, 4) is 0 Å². The molecular weight excluding hydrogens is 736 g/mol. The molecule has 4 aromatic rings. The lowest BCUT2D eigenvalue weighted by Crippen LogP contribution is -2.14. The molecule has 0 bridgehead atoms. The van der Waals surface area contributed by atoms with Crippen molar-refractivity contribution in [3.05, 3.63) is 97.7 Å². The normalized spacial score (nSPS) is 11.6. The Labute approximate surface area is 256 Å². The third-order valence-electron chi connectivity index (χ3n) is 4.22. The van der Waals surface area contributed by atoms with E-state index in [1.54, 1.807) is 0 Å². The van der Waals surface area contributed by atoms with Crippen LogP contribution in [0.2, 0.25) is 5.15 Å². The SMILES string of the molecule is Cc1cc(C(F)(F)F)ncn1.Cc1ncnc(C(F)(F)F)c1Br.FC(F)(F)c1cc(Cl)ncn1.O=c1cc(C(F)(F)F)nc[nH]1. The van der Waals surface area contributed by atoms with Gasteiger partial charge in [0.25, 0.3) is 5.56 Å². The van der Waals surface area contributed by atoms with Gasteiger partial charge >= 0.3 is 24.7 Å². The number of nitrogens with zero attached hydrogens (tertiary/aromatic N) is 7. The first-order chi connectivity index (χ1) is 20.4. The van der Waals surface area contributed by atoms with Gasteiger partial charge in [0.15, 0.2) is 11.4 Å². The fraction of sp³-hybridized carbons (Fsp3) is 0.273. The van der Waals surface area contributed by atoms with E-state index in [-0.39, 0.29) is 15.3 Å². The average Bonchev–Trinajstić information content (AvgIpc) is 2.89. The summed E-state index contributed by atoms with van der Waals surface area (Å²) in [6.07, 6.45) is -14.5. The highest BCUT2D eigenvalue weighted by atomic mass is 79.9. The standard InChI is InChI=1S/C6H4BrF3N2.C6H5F3N2.C5H2ClF3N2.C5H3F3N2O/c1-3-4(7)5(6(8,9)10)12-2-11-3;1-4-2-5(6(7,8)9)11-3-10-4;6-4-1-3(5(7,8)9)10-2-11-4;6-5(7,8)3-1-4(11)10-2-9-3/h2H,1H3;2-3H,1H3;1-2H;1-2H,(H,9,10,11). The third-order valence-corrected chi connectivity index (χ3v) is 5.38. The highest BCUT2D eigenvalue weighted by Crippen LogP contribution is 2.33. The second-order valence-electron chi connectivity index (χ2n) is 7.68. The maximum absolute atomic E-state index is 12.1. The van der Waals surface area contributed by atoms with Crippen LogP contribution in [-0.4, -0.2) is 39.9 Å². The van der Waals surface area contributed by atoms with Crippen molar-refractivity contribution in [2.45, 2.75) is 38.6 Å². The van der Waals surface area contributed by atoms with Crippen LogP contribution in [0.4, 0.5) is 52.7 Å². The van der Waals surface area contributed by atoms with Gasteiger partial charge in [0.1, 0.15) is 35.5 Å². The Hall–Kier alpha value is -3.95. The van der Waals surface area contributed by atoms with E-state index in [9.17, 15) is 57.5 Å². The number of hydrogen-bond acceptors (Lipinski definition) is 8. The summed E-state index contributed by atoms with van der Waals surface area (Å²) in [4.78, 5) is 34.9. The van der Waals surface area contributed by atoms with Gasteiger partial charge in [-0.25, -0.2) is 34.9 Å². The van der Waals surface area contributed by atoms with Crippen LogP contribution in [0.5, 0.6) is 0 Å². The minimum atomic E-state index is -4.55. The topological polar surface area (TPSA) is 123 Å². The summed E-state index contributed by atoms with van der Waals surface area (Å²) in [6.45, 7) is 2.96. The molecule has 0 aliphatic heterocycles. The van der Waals surface area contributed by atoms with Crippen LogP contribution in [0.3, 0.4) is 0 Å². The number of rotatable bonds is 0. The molecule has 0 aliphatic carbocycles. The first-order valence-electron chi connectivity index (χ1n) is 11.0. The van der Waals surface area contributed by atoms with Gasteiger partial charge in [-0.05, 0) is 35.8 Å². The van der Waals surface area contributed by atoms with E-state index in [0.717, 1.165) is 25.0 Å². The maximum Gasteiger partial charge on any atom is 0.434 e. The number of nitrogens with one attached hydrogen (secondary N) is 1. The number of H-pyrrole nitrogens is 1. The molecule has 0 atom stereocenters. The van der Waals surface area contributed by atoms with Crippen LogP contribution in [0, 0.1) is 13.8 Å².